The van der Waals surface area contributed by atoms with Crippen molar-refractivity contribution in [2.24, 2.45) is 0 Å². The van der Waals surface area contributed by atoms with E-state index in [-0.39, 0.29) is 0 Å². The summed E-state index contributed by atoms with van der Waals surface area (Å²) in [5.41, 5.74) is 1.12. The minimum Gasteiger partial charge on any atom is -0.494 e. The highest BCUT2D eigenvalue weighted by atomic mass is 16.6. The molecule has 0 N–H and O–H groups in total. The lowest BCUT2D eigenvalue weighted by molar-refractivity contribution is 0.0894. The Hall–Kier alpha value is -0.920. The van der Waals surface area contributed by atoms with Gasteiger partial charge in [0.1, 0.15) is 19.5 Å². The fourth-order valence-corrected chi connectivity index (χ4v) is 0.717. The SMILES string of the molecule is C/C=C(\C)C1=COCCO1. The zero-order chi connectivity index (χ0) is 7.40. The topological polar surface area (TPSA) is 18.5 Å². The Morgan fingerprint density at radius 3 is 2.90 bits per heavy atom. The van der Waals surface area contributed by atoms with Crippen LogP contribution in [-0.4, -0.2) is 13.2 Å². The van der Waals surface area contributed by atoms with Crippen LogP contribution in [0.3, 0.4) is 0 Å². The molecule has 0 fully saturated rings. The number of hydrogen-bond donors (Lipinski definition) is 0. The Balaban J connectivity index is 2.62. The fraction of sp³-hybridized carbons (Fsp3) is 0.500. The largest absolute Gasteiger partial charge is 0.494 e. The minimum atomic E-state index is 0.664. The van der Waals surface area contributed by atoms with Gasteiger partial charge in [0.25, 0.3) is 0 Å². The first-order chi connectivity index (χ1) is 4.84. The van der Waals surface area contributed by atoms with Crippen molar-refractivity contribution in [1.29, 1.82) is 0 Å². The summed E-state index contributed by atoms with van der Waals surface area (Å²) in [6.45, 7) is 5.31. The van der Waals surface area contributed by atoms with Gasteiger partial charge in [0.15, 0.2) is 5.76 Å². The normalized spacial score (nSPS) is 19.0. The highest BCUT2D eigenvalue weighted by Crippen LogP contribution is 2.13. The van der Waals surface area contributed by atoms with Gasteiger partial charge in [-0.1, -0.05) is 6.08 Å². The lowest BCUT2D eigenvalue weighted by Gasteiger charge is -2.15. The van der Waals surface area contributed by atoms with Crippen molar-refractivity contribution in [2.75, 3.05) is 13.2 Å². The van der Waals surface area contributed by atoms with E-state index in [9.17, 15) is 0 Å². The quantitative estimate of drug-likeness (QED) is 0.553. The van der Waals surface area contributed by atoms with Gasteiger partial charge in [-0.3, -0.25) is 0 Å². The van der Waals surface area contributed by atoms with Crippen molar-refractivity contribution < 1.29 is 9.47 Å². The first-order valence-electron chi connectivity index (χ1n) is 3.42. The summed E-state index contributed by atoms with van der Waals surface area (Å²) in [5, 5.41) is 0. The number of ether oxygens (including phenoxy) is 2. The zero-order valence-electron chi connectivity index (χ0n) is 6.39. The summed E-state index contributed by atoms with van der Waals surface area (Å²) in [4.78, 5) is 0. The zero-order valence-corrected chi connectivity index (χ0v) is 6.39. The molecule has 0 aliphatic carbocycles. The molecule has 0 unspecified atom stereocenters. The van der Waals surface area contributed by atoms with Crippen LogP contribution in [0.25, 0.3) is 0 Å². The minimum absolute atomic E-state index is 0.664. The summed E-state index contributed by atoms with van der Waals surface area (Å²) >= 11 is 0. The van der Waals surface area contributed by atoms with Gasteiger partial charge in [-0.25, -0.2) is 0 Å². The van der Waals surface area contributed by atoms with Crippen molar-refractivity contribution in [1.82, 2.24) is 0 Å². The van der Waals surface area contributed by atoms with Crippen LogP contribution in [0.5, 0.6) is 0 Å². The summed E-state index contributed by atoms with van der Waals surface area (Å²) in [6, 6.07) is 0. The van der Waals surface area contributed by atoms with Gasteiger partial charge in [0.05, 0.1) is 0 Å². The van der Waals surface area contributed by atoms with Crippen molar-refractivity contribution in [3.8, 4) is 0 Å². The lowest BCUT2D eigenvalue weighted by Crippen LogP contribution is -2.08. The van der Waals surface area contributed by atoms with Gasteiger partial charge in [-0.2, -0.15) is 0 Å². The second-order valence-electron chi connectivity index (χ2n) is 2.17. The molecular formula is C8H12O2. The summed E-state index contributed by atoms with van der Waals surface area (Å²) < 4.78 is 10.4. The third kappa shape index (κ3) is 1.53. The highest BCUT2D eigenvalue weighted by Gasteiger charge is 2.04. The predicted molar refractivity (Wildman–Crippen MR) is 39.4 cm³/mol. The van der Waals surface area contributed by atoms with Crippen LogP contribution >= 0.6 is 0 Å². The van der Waals surface area contributed by atoms with Crippen LogP contribution in [0.2, 0.25) is 0 Å². The number of allylic oxidation sites excluding steroid dienone is 2. The third-order valence-electron chi connectivity index (χ3n) is 1.47. The van der Waals surface area contributed by atoms with Crippen molar-refractivity contribution in [3.05, 3.63) is 23.7 Å². The maximum Gasteiger partial charge on any atom is 0.156 e. The molecule has 1 heterocycles. The molecule has 0 saturated carbocycles. The van der Waals surface area contributed by atoms with E-state index in [2.05, 4.69) is 0 Å². The molecule has 1 aliphatic heterocycles. The van der Waals surface area contributed by atoms with Crippen LogP contribution in [-0.2, 0) is 9.47 Å². The van der Waals surface area contributed by atoms with Gasteiger partial charge in [-0.05, 0) is 19.4 Å². The Morgan fingerprint density at radius 1 is 1.60 bits per heavy atom. The molecule has 56 valence electrons. The van der Waals surface area contributed by atoms with E-state index in [0.29, 0.717) is 13.2 Å². The maximum atomic E-state index is 5.30. The van der Waals surface area contributed by atoms with Gasteiger partial charge >= 0.3 is 0 Å². The third-order valence-corrected chi connectivity index (χ3v) is 1.47. The Bertz CT molecular complexity index is 168. The Morgan fingerprint density at radius 2 is 2.40 bits per heavy atom. The highest BCUT2D eigenvalue weighted by molar-refractivity contribution is 5.21. The molecule has 2 nitrogen and oxygen atoms in total. The molecule has 0 amide bonds. The van der Waals surface area contributed by atoms with Gasteiger partial charge in [0.2, 0.25) is 0 Å². The van der Waals surface area contributed by atoms with Gasteiger partial charge in [0, 0.05) is 0 Å². The molecule has 0 aromatic carbocycles. The number of rotatable bonds is 1. The van der Waals surface area contributed by atoms with Crippen LogP contribution in [0.1, 0.15) is 13.8 Å². The van der Waals surface area contributed by atoms with Crippen molar-refractivity contribution in [3.63, 3.8) is 0 Å². The fourth-order valence-electron chi connectivity index (χ4n) is 0.717. The summed E-state index contributed by atoms with van der Waals surface area (Å²) in [7, 11) is 0. The molecule has 0 aromatic rings. The number of hydrogen-bond acceptors (Lipinski definition) is 2. The molecule has 2 heteroatoms. The van der Waals surface area contributed by atoms with E-state index >= 15 is 0 Å². The average Bonchev–Trinajstić information content (AvgIpc) is 2.05. The average molecular weight is 140 g/mol. The molecule has 1 aliphatic rings. The molecule has 1 rings (SSSR count). The molecule has 10 heavy (non-hydrogen) atoms. The van der Waals surface area contributed by atoms with E-state index in [1.54, 1.807) is 6.26 Å². The second kappa shape index (κ2) is 3.30. The monoisotopic (exact) mass is 140 g/mol. The van der Waals surface area contributed by atoms with Crippen molar-refractivity contribution in [2.45, 2.75) is 13.8 Å². The van der Waals surface area contributed by atoms with E-state index in [0.717, 1.165) is 11.3 Å². The molecule has 0 spiro atoms. The van der Waals surface area contributed by atoms with E-state index in [4.69, 9.17) is 9.47 Å². The molecule has 0 radical (unpaired) electrons. The smallest absolute Gasteiger partial charge is 0.156 e. The first-order valence-corrected chi connectivity index (χ1v) is 3.42. The van der Waals surface area contributed by atoms with Crippen LogP contribution in [0.4, 0.5) is 0 Å². The molecular weight excluding hydrogens is 128 g/mol. The van der Waals surface area contributed by atoms with Crippen LogP contribution < -0.4 is 0 Å². The standard InChI is InChI=1S/C8H12O2/c1-3-7(2)8-6-9-4-5-10-8/h3,6H,4-5H2,1-2H3/b7-3+. The van der Waals surface area contributed by atoms with Crippen molar-refractivity contribution >= 4 is 0 Å². The van der Waals surface area contributed by atoms with Crippen LogP contribution in [0.15, 0.2) is 23.7 Å². The first kappa shape index (κ1) is 7.19. The van der Waals surface area contributed by atoms with E-state index in [1.165, 1.54) is 0 Å². The van der Waals surface area contributed by atoms with E-state index < -0.39 is 0 Å². The van der Waals surface area contributed by atoms with Gasteiger partial charge in [-0.15, -0.1) is 0 Å². The maximum absolute atomic E-state index is 5.30. The van der Waals surface area contributed by atoms with E-state index in [1.807, 2.05) is 19.9 Å². The van der Waals surface area contributed by atoms with Crippen LogP contribution in [0, 0.1) is 0 Å². The Kier molecular flexibility index (Phi) is 2.37. The molecule has 0 aromatic heterocycles. The second-order valence-corrected chi connectivity index (χ2v) is 2.17. The predicted octanol–water partition coefficient (Wildman–Crippen LogP) is 1.84. The summed E-state index contributed by atoms with van der Waals surface area (Å²) in [6.07, 6.45) is 3.67. The molecule has 0 atom stereocenters. The molecule has 0 saturated heterocycles. The van der Waals surface area contributed by atoms with Gasteiger partial charge < -0.3 is 9.47 Å². The Labute approximate surface area is 61.1 Å². The lowest BCUT2D eigenvalue weighted by atomic mass is 10.2. The summed E-state index contributed by atoms with van der Waals surface area (Å²) in [5.74, 6) is 0.855. The molecule has 0 bridgehead atoms.